The van der Waals surface area contributed by atoms with E-state index in [1.54, 1.807) is 20.3 Å². The standard InChI is InChI=1S/C20H17N3O3S/c1-12-5-4-6-13(9-12)18-21-20-23(22-18)19(24)17(27-20)11-14-10-15(25-2)7-8-16(14)26-3/h4-11H,1-3H3/b17-11+. The van der Waals surface area contributed by atoms with Gasteiger partial charge in [0.2, 0.25) is 4.96 Å². The van der Waals surface area contributed by atoms with Crippen molar-refractivity contribution in [1.29, 1.82) is 0 Å². The smallest absolute Gasteiger partial charge is 0.291 e. The SMILES string of the molecule is COc1ccc(OC)c(/C=c2/sc3nc(-c4cccc(C)c4)nn3c2=O)c1. The van der Waals surface area contributed by atoms with Crippen LogP contribution in [-0.2, 0) is 0 Å². The van der Waals surface area contributed by atoms with Gasteiger partial charge in [-0.3, -0.25) is 4.79 Å². The van der Waals surface area contributed by atoms with Gasteiger partial charge in [0.05, 0.1) is 18.8 Å². The molecule has 2 aromatic carbocycles. The molecular weight excluding hydrogens is 362 g/mol. The Labute approximate surface area is 159 Å². The second-order valence-electron chi connectivity index (χ2n) is 6.02. The molecule has 4 rings (SSSR count). The Morgan fingerprint density at radius 2 is 1.96 bits per heavy atom. The lowest BCUT2D eigenvalue weighted by Gasteiger charge is -2.06. The molecule has 0 N–H and O–H groups in total. The molecule has 0 atom stereocenters. The Balaban J connectivity index is 1.83. The first-order valence-electron chi connectivity index (χ1n) is 8.29. The average molecular weight is 379 g/mol. The van der Waals surface area contributed by atoms with E-state index in [4.69, 9.17) is 9.47 Å². The predicted octanol–water partition coefficient (Wildman–Crippen LogP) is 2.69. The maximum Gasteiger partial charge on any atom is 0.291 e. The van der Waals surface area contributed by atoms with Crippen LogP contribution in [0.25, 0.3) is 22.4 Å². The molecule has 2 aromatic heterocycles. The van der Waals surface area contributed by atoms with Crippen molar-refractivity contribution < 1.29 is 9.47 Å². The number of fused-ring (bicyclic) bond motifs is 1. The van der Waals surface area contributed by atoms with Crippen LogP contribution >= 0.6 is 11.3 Å². The molecule has 0 radical (unpaired) electrons. The highest BCUT2D eigenvalue weighted by Crippen LogP contribution is 2.24. The van der Waals surface area contributed by atoms with Crippen molar-refractivity contribution >= 4 is 22.4 Å². The van der Waals surface area contributed by atoms with Gasteiger partial charge in [0, 0.05) is 11.1 Å². The molecule has 0 saturated carbocycles. The number of hydrogen-bond donors (Lipinski definition) is 0. The summed E-state index contributed by atoms with van der Waals surface area (Å²) < 4.78 is 12.5. The van der Waals surface area contributed by atoms with Gasteiger partial charge in [-0.25, -0.2) is 0 Å². The van der Waals surface area contributed by atoms with Crippen molar-refractivity contribution in [2.24, 2.45) is 0 Å². The van der Waals surface area contributed by atoms with Crippen molar-refractivity contribution in [3.05, 3.63) is 68.5 Å². The van der Waals surface area contributed by atoms with E-state index in [9.17, 15) is 4.79 Å². The van der Waals surface area contributed by atoms with Gasteiger partial charge in [0.1, 0.15) is 11.5 Å². The minimum Gasteiger partial charge on any atom is -0.497 e. The molecule has 0 amide bonds. The Morgan fingerprint density at radius 3 is 2.67 bits per heavy atom. The number of methoxy groups -OCH3 is 2. The summed E-state index contributed by atoms with van der Waals surface area (Å²) in [5, 5.41) is 4.39. The van der Waals surface area contributed by atoms with E-state index in [0.29, 0.717) is 26.8 Å². The van der Waals surface area contributed by atoms with E-state index in [0.717, 1.165) is 16.7 Å². The fourth-order valence-corrected chi connectivity index (χ4v) is 3.73. The monoisotopic (exact) mass is 379 g/mol. The molecule has 0 aliphatic rings. The Morgan fingerprint density at radius 1 is 1.11 bits per heavy atom. The van der Waals surface area contributed by atoms with E-state index < -0.39 is 0 Å². The van der Waals surface area contributed by atoms with Crippen LogP contribution in [0.5, 0.6) is 11.5 Å². The van der Waals surface area contributed by atoms with Crippen LogP contribution in [0, 0.1) is 6.92 Å². The number of benzene rings is 2. The van der Waals surface area contributed by atoms with Gasteiger partial charge in [0.25, 0.3) is 5.56 Å². The molecule has 0 unspecified atom stereocenters. The first-order valence-corrected chi connectivity index (χ1v) is 9.11. The van der Waals surface area contributed by atoms with E-state index in [1.165, 1.54) is 15.9 Å². The zero-order valence-electron chi connectivity index (χ0n) is 15.1. The Kier molecular flexibility index (Phi) is 4.37. The van der Waals surface area contributed by atoms with E-state index in [2.05, 4.69) is 10.1 Å². The van der Waals surface area contributed by atoms with Gasteiger partial charge in [-0.2, -0.15) is 9.50 Å². The summed E-state index contributed by atoms with van der Waals surface area (Å²) in [4.78, 5) is 17.8. The highest BCUT2D eigenvalue weighted by molar-refractivity contribution is 7.15. The molecule has 2 heterocycles. The number of aryl methyl sites for hydroxylation is 1. The maximum atomic E-state index is 12.8. The second kappa shape index (κ2) is 6.85. The van der Waals surface area contributed by atoms with Crippen molar-refractivity contribution in [1.82, 2.24) is 14.6 Å². The van der Waals surface area contributed by atoms with E-state index in [1.807, 2.05) is 49.4 Å². The third-order valence-electron chi connectivity index (χ3n) is 4.18. The molecule has 0 saturated heterocycles. The highest BCUT2D eigenvalue weighted by atomic mass is 32.1. The Hall–Kier alpha value is -3.19. The third kappa shape index (κ3) is 3.17. The Bertz CT molecular complexity index is 1240. The van der Waals surface area contributed by atoms with E-state index >= 15 is 0 Å². The lowest BCUT2D eigenvalue weighted by Crippen LogP contribution is -2.23. The minimum atomic E-state index is -0.203. The second-order valence-corrected chi connectivity index (χ2v) is 7.03. The zero-order valence-corrected chi connectivity index (χ0v) is 15.9. The third-order valence-corrected chi connectivity index (χ3v) is 5.14. The van der Waals surface area contributed by atoms with Gasteiger partial charge < -0.3 is 9.47 Å². The minimum absolute atomic E-state index is 0.203. The number of aromatic nitrogens is 3. The number of ether oxygens (including phenoxy) is 2. The molecule has 0 aliphatic heterocycles. The van der Waals surface area contributed by atoms with Crippen LogP contribution in [0.4, 0.5) is 0 Å². The number of rotatable bonds is 4. The van der Waals surface area contributed by atoms with Crippen molar-refractivity contribution in [3.63, 3.8) is 0 Å². The molecule has 6 nitrogen and oxygen atoms in total. The summed E-state index contributed by atoms with van der Waals surface area (Å²) in [6, 6.07) is 13.3. The van der Waals surface area contributed by atoms with E-state index in [-0.39, 0.29) is 5.56 Å². The van der Waals surface area contributed by atoms with Crippen molar-refractivity contribution in [2.75, 3.05) is 14.2 Å². The average Bonchev–Trinajstić information content (AvgIpc) is 3.21. The number of thiazole rings is 1. The van der Waals surface area contributed by atoms with Gasteiger partial charge >= 0.3 is 0 Å². The van der Waals surface area contributed by atoms with Crippen LogP contribution in [0.2, 0.25) is 0 Å². The van der Waals surface area contributed by atoms with Crippen molar-refractivity contribution in [2.45, 2.75) is 6.92 Å². The van der Waals surface area contributed by atoms with Gasteiger partial charge in [-0.05, 0) is 37.3 Å². The fraction of sp³-hybridized carbons (Fsp3) is 0.150. The van der Waals surface area contributed by atoms with Gasteiger partial charge in [-0.1, -0.05) is 35.1 Å². The molecular formula is C20H17N3O3S. The summed E-state index contributed by atoms with van der Waals surface area (Å²) in [5.41, 5.74) is 2.57. The lowest BCUT2D eigenvalue weighted by atomic mass is 10.1. The van der Waals surface area contributed by atoms with Crippen LogP contribution in [0.3, 0.4) is 0 Å². The van der Waals surface area contributed by atoms with Gasteiger partial charge in [0.15, 0.2) is 5.82 Å². The van der Waals surface area contributed by atoms with Crippen LogP contribution < -0.4 is 19.6 Å². The quantitative estimate of drug-likeness (QED) is 0.545. The molecule has 0 bridgehead atoms. The van der Waals surface area contributed by atoms with Crippen molar-refractivity contribution in [3.8, 4) is 22.9 Å². The molecule has 0 aliphatic carbocycles. The molecule has 0 spiro atoms. The molecule has 4 aromatic rings. The number of hydrogen-bond acceptors (Lipinski definition) is 6. The van der Waals surface area contributed by atoms with Gasteiger partial charge in [-0.15, -0.1) is 5.10 Å². The molecule has 136 valence electrons. The first kappa shape index (κ1) is 17.2. The summed E-state index contributed by atoms with van der Waals surface area (Å²) in [7, 11) is 3.19. The number of nitrogens with zero attached hydrogens (tertiary/aromatic N) is 3. The predicted molar refractivity (Wildman–Crippen MR) is 106 cm³/mol. The van der Waals surface area contributed by atoms with Crippen LogP contribution in [0.1, 0.15) is 11.1 Å². The molecule has 27 heavy (non-hydrogen) atoms. The lowest BCUT2D eigenvalue weighted by molar-refractivity contribution is 0.402. The first-order chi connectivity index (χ1) is 13.1. The molecule has 0 fully saturated rings. The topological polar surface area (TPSA) is 65.7 Å². The highest BCUT2D eigenvalue weighted by Gasteiger charge is 2.13. The van der Waals surface area contributed by atoms with Crippen LogP contribution in [0.15, 0.2) is 47.3 Å². The summed E-state index contributed by atoms with van der Waals surface area (Å²) in [6.45, 7) is 2.01. The molecule has 7 heteroatoms. The largest absolute Gasteiger partial charge is 0.497 e. The summed E-state index contributed by atoms with van der Waals surface area (Å²) in [5.74, 6) is 1.90. The maximum absolute atomic E-state index is 12.8. The fourth-order valence-electron chi connectivity index (χ4n) is 2.83. The van der Waals surface area contributed by atoms with Crippen LogP contribution in [-0.4, -0.2) is 28.8 Å². The normalized spacial score (nSPS) is 11.9. The summed E-state index contributed by atoms with van der Waals surface area (Å²) >= 11 is 1.30. The zero-order chi connectivity index (χ0) is 19.0. The summed E-state index contributed by atoms with van der Waals surface area (Å²) in [6.07, 6.45) is 1.77.